The molecule has 4 rings (SSSR count). The highest BCUT2D eigenvalue weighted by Crippen LogP contribution is 2.29. The first kappa shape index (κ1) is 20.8. The van der Waals surface area contributed by atoms with Gasteiger partial charge in [0.05, 0.1) is 23.4 Å². The van der Waals surface area contributed by atoms with Gasteiger partial charge in [-0.3, -0.25) is 9.36 Å². The number of imidazole rings is 1. The van der Waals surface area contributed by atoms with Gasteiger partial charge in [0.25, 0.3) is 0 Å². The van der Waals surface area contributed by atoms with Crippen molar-refractivity contribution in [1.29, 1.82) is 0 Å². The number of nitrogens with zero attached hydrogens (tertiary/aromatic N) is 2. The fourth-order valence-electron chi connectivity index (χ4n) is 4.03. The fourth-order valence-corrected chi connectivity index (χ4v) is 4.87. The number of para-hydroxylation sites is 2. The maximum atomic E-state index is 12.6. The summed E-state index contributed by atoms with van der Waals surface area (Å²) in [5, 5.41) is 4.06. The largest absolute Gasteiger partial charge is 0.494 e. The second-order valence-corrected chi connectivity index (χ2v) is 8.63. The van der Waals surface area contributed by atoms with E-state index in [-0.39, 0.29) is 5.91 Å². The third kappa shape index (κ3) is 4.98. The number of carbonyl (C=O) groups excluding carboxylic acids is 1. The zero-order chi connectivity index (χ0) is 20.8. The third-order valence-electron chi connectivity index (χ3n) is 5.49. The Balaban J connectivity index is 1.52. The van der Waals surface area contributed by atoms with Crippen LogP contribution < -0.4 is 10.1 Å². The lowest BCUT2D eigenvalue weighted by Gasteiger charge is -2.16. The van der Waals surface area contributed by atoms with Crippen molar-refractivity contribution in [1.82, 2.24) is 14.9 Å². The van der Waals surface area contributed by atoms with Gasteiger partial charge in [0, 0.05) is 11.7 Å². The van der Waals surface area contributed by atoms with Crippen LogP contribution >= 0.6 is 11.8 Å². The quantitative estimate of drug-likeness (QED) is 0.411. The van der Waals surface area contributed by atoms with E-state index in [0.29, 0.717) is 18.4 Å². The van der Waals surface area contributed by atoms with Crippen molar-refractivity contribution in [2.24, 2.45) is 0 Å². The van der Waals surface area contributed by atoms with Crippen LogP contribution in [0.4, 0.5) is 0 Å². The van der Waals surface area contributed by atoms with Gasteiger partial charge in [-0.25, -0.2) is 4.98 Å². The molecule has 0 radical (unpaired) electrons. The molecule has 0 aliphatic heterocycles. The minimum atomic E-state index is 0.0946. The van der Waals surface area contributed by atoms with Gasteiger partial charge in [-0.2, -0.15) is 0 Å². The van der Waals surface area contributed by atoms with E-state index in [1.807, 2.05) is 49.4 Å². The number of hydrogen-bond donors (Lipinski definition) is 1. The number of rotatable bonds is 7. The average Bonchev–Trinajstić information content (AvgIpc) is 2.93. The summed E-state index contributed by atoms with van der Waals surface area (Å²) in [4.78, 5) is 17.4. The van der Waals surface area contributed by atoms with Crippen LogP contribution in [0.2, 0.25) is 0 Å². The molecule has 5 nitrogen and oxygen atoms in total. The first-order valence-corrected chi connectivity index (χ1v) is 11.9. The van der Waals surface area contributed by atoms with Crippen molar-refractivity contribution in [3.63, 3.8) is 0 Å². The number of fused-ring (bicyclic) bond motifs is 1. The summed E-state index contributed by atoms with van der Waals surface area (Å²) in [5.74, 6) is 1.32. The normalized spacial score (nSPS) is 15.1. The van der Waals surface area contributed by atoms with Crippen LogP contribution in [0.25, 0.3) is 16.7 Å². The maximum Gasteiger partial charge on any atom is 0.230 e. The molecule has 30 heavy (non-hydrogen) atoms. The average molecular weight is 424 g/mol. The standard InChI is InChI=1S/C24H29N3O2S/c1-2-29-20-15-13-19(14-16-20)27-22-12-8-7-11-21(22)26-24(27)30-17-23(28)25-18-9-5-3-4-6-10-18/h7-8,11-16,18H,2-6,9-10,17H2,1H3,(H,25,28). The van der Waals surface area contributed by atoms with Crippen LogP contribution in [-0.4, -0.2) is 33.9 Å². The Labute approximate surface area is 182 Å². The number of thioether (sulfide) groups is 1. The van der Waals surface area contributed by atoms with E-state index in [1.165, 1.54) is 37.4 Å². The first-order chi connectivity index (χ1) is 14.7. The van der Waals surface area contributed by atoms with Gasteiger partial charge in [-0.15, -0.1) is 0 Å². The van der Waals surface area contributed by atoms with Crippen molar-refractivity contribution in [2.45, 2.75) is 56.6 Å². The Morgan fingerprint density at radius 1 is 1.10 bits per heavy atom. The molecule has 1 fully saturated rings. The minimum Gasteiger partial charge on any atom is -0.494 e. The topological polar surface area (TPSA) is 56.1 Å². The van der Waals surface area contributed by atoms with Crippen LogP contribution in [0.5, 0.6) is 5.75 Å². The summed E-state index contributed by atoms with van der Waals surface area (Å²) < 4.78 is 7.69. The van der Waals surface area contributed by atoms with E-state index in [1.54, 1.807) is 0 Å². The number of benzene rings is 2. The van der Waals surface area contributed by atoms with Crippen LogP contribution in [0.1, 0.15) is 45.4 Å². The zero-order valence-corrected chi connectivity index (χ0v) is 18.3. The van der Waals surface area contributed by atoms with Crippen molar-refractivity contribution in [3.8, 4) is 11.4 Å². The van der Waals surface area contributed by atoms with E-state index < -0.39 is 0 Å². The molecular formula is C24H29N3O2S. The maximum absolute atomic E-state index is 12.6. The number of hydrogen-bond acceptors (Lipinski definition) is 4. The second-order valence-electron chi connectivity index (χ2n) is 7.69. The van der Waals surface area contributed by atoms with Crippen molar-refractivity contribution < 1.29 is 9.53 Å². The highest BCUT2D eigenvalue weighted by molar-refractivity contribution is 7.99. The molecule has 1 aromatic heterocycles. The molecule has 3 aromatic rings. The van der Waals surface area contributed by atoms with Crippen molar-refractivity contribution in [3.05, 3.63) is 48.5 Å². The molecule has 1 heterocycles. The molecule has 1 aliphatic carbocycles. The molecule has 158 valence electrons. The third-order valence-corrected chi connectivity index (χ3v) is 6.43. The van der Waals surface area contributed by atoms with E-state index in [0.717, 1.165) is 40.5 Å². The lowest BCUT2D eigenvalue weighted by Crippen LogP contribution is -2.35. The van der Waals surface area contributed by atoms with Crippen LogP contribution in [-0.2, 0) is 4.79 Å². The summed E-state index contributed by atoms with van der Waals surface area (Å²) >= 11 is 1.49. The fraction of sp³-hybridized carbons (Fsp3) is 0.417. The van der Waals surface area contributed by atoms with Crippen LogP contribution in [0.15, 0.2) is 53.7 Å². The molecule has 1 N–H and O–H groups in total. The Morgan fingerprint density at radius 3 is 2.57 bits per heavy atom. The van der Waals surface area contributed by atoms with Gasteiger partial charge in [-0.05, 0) is 56.2 Å². The minimum absolute atomic E-state index is 0.0946. The molecule has 0 bridgehead atoms. The molecule has 1 saturated carbocycles. The SMILES string of the molecule is CCOc1ccc(-n2c(SCC(=O)NC3CCCCCC3)nc3ccccc32)cc1. The van der Waals surface area contributed by atoms with E-state index >= 15 is 0 Å². The predicted octanol–water partition coefficient (Wildman–Crippen LogP) is 5.36. The van der Waals surface area contributed by atoms with Crippen LogP contribution in [0, 0.1) is 0 Å². The van der Waals surface area contributed by atoms with Crippen molar-refractivity contribution >= 4 is 28.7 Å². The van der Waals surface area contributed by atoms with Gasteiger partial charge >= 0.3 is 0 Å². The highest BCUT2D eigenvalue weighted by Gasteiger charge is 2.17. The Hall–Kier alpha value is -2.47. The van der Waals surface area contributed by atoms with Gasteiger partial charge in [0.15, 0.2) is 5.16 Å². The number of nitrogens with one attached hydrogen (secondary N) is 1. The van der Waals surface area contributed by atoms with Gasteiger partial charge in [0.1, 0.15) is 5.75 Å². The molecule has 1 aliphatic rings. The second kappa shape index (κ2) is 10.0. The number of carbonyl (C=O) groups is 1. The first-order valence-electron chi connectivity index (χ1n) is 10.9. The Morgan fingerprint density at radius 2 is 1.83 bits per heavy atom. The monoisotopic (exact) mass is 423 g/mol. The molecule has 0 unspecified atom stereocenters. The summed E-state index contributed by atoms with van der Waals surface area (Å²) in [7, 11) is 0. The molecule has 0 spiro atoms. The van der Waals surface area contributed by atoms with Crippen molar-refractivity contribution in [2.75, 3.05) is 12.4 Å². The summed E-state index contributed by atoms with van der Waals surface area (Å²) in [5.41, 5.74) is 2.98. The Bertz CT molecular complexity index is 976. The Kier molecular flexibility index (Phi) is 6.95. The molecule has 6 heteroatoms. The van der Waals surface area contributed by atoms with Crippen LogP contribution in [0.3, 0.4) is 0 Å². The van der Waals surface area contributed by atoms with E-state index in [2.05, 4.69) is 16.0 Å². The predicted molar refractivity (Wildman–Crippen MR) is 123 cm³/mol. The lowest BCUT2D eigenvalue weighted by atomic mass is 10.1. The van der Waals surface area contributed by atoms with Gasteiger partial charge < -0.3 is 10.1 Å². The van der Waals surface area contributed by atoms with E-state index in [4.69, 9.17) is 9.72 Å². The van der Waals surface area contributed by atoms with E-state index in [9.17, 15) is 4.79 Å². The molecule has 0 atom stereocenters. The molecule has 1 amide bonds. The molecule has 0 saturated heterocycles. The van der Waals surface area contributed by atoms with Gasteiger partial charge in [-0.1, -0.05) is 49.6 Å². The van der Waals surface area contributed by atoms with Gasteiger partial charge in [0.2, 0.25) is 5.91 Å². The number of amides is 1. The summed E-state index contributed by atoms with van der Waals surface area (Å²) in [6.45, 7) is 2.62. The molecule has 2 aromatic carbocycles. The highest BCUT2D eigenvalue weighted by atomic mass is 32.2. The summed E-state index contributed by atoms with van der Waals surface area (Å²) in [6, 6.07) is 16.4. The number of aromatic nitrogens is 2. The lowest BCUT2D eigenvalue weighted by molar-refractivity contribution is -0.119. The zero-order valence-electron chi connectivity index (χ0n) is 17.5. The number of ether oxygens (including phenoxy) is 1. The smallest absolute Gasteiger partial charge is 0.230 e. The summed E-state index contributed by atoms with van der Waals surface area (Å²) in [6.07, 6.45) is 7.19. The molecular weight excluding hydrogens is 394 g/mol.